The van der Waals surface area contributed by atoms with Gasteiger partial charge in [0.1, 0.15) is 0 Å². The zero-order valence-electron chi connectivity index (χ0n) is 5.15. The molecule has 0 unspecified atom stereocenters. The molecule has 0 aromatic heterocycles. The van der Waals surface area contributed by atoms with Crippen LogP contribution in [-0.4, -0.2) is 16.0 Å². The lowest BCUT2D eigenvalue weighted by Crippen LogP contribution is -1.90. The molecule has 0 aliphatic carbocycles. The van der Waals surface area contributed by atoms with Crippen LogP contribution in [0.5, 0.6) is 0 Å². The molecule has 0 fully saturated rings. The Hall–Kier alpha value is 0.200. The van der Waals surface area contributed by atoms with Crippen molar-refractivity contribution in [2.45, 2.75) is 19.8 Å². The van der Waals surface area contributed by atoms with Crippen molar-refractivity contribution in [1.82, 2.24) is 0 Å². The molecule has 0 saturated heterocycles. The van der Waals surface area contributed by atoms with Gasteiger partial charge in [0.2, 0.25) is 0 Å². The normalized spacial score (nSPS) is 6.88. The summed E-state index contributed by atoms with van der Waals surface area (Å²) in [6, 6.07) is 0. The molecule has 0 aliphatic heterocycles. The molecule has 0 aromatic rings. The van der Waals surface area contributed by atoms with Crippen molar-refractivity contribution >= 4 is 28.6 Å². The summed E-state index contributed by atoms with van der Waals surface area (Å²) in [5, 5.41) is 7.91. The monoisotopic (exact) mass is 230 g/mol. The first-order chi connectivity index (χ1) is 3.77. The molecule has 0 amide bonds. The number of hydrogen-bond donors (Lipinski definition) is 1. The topological polar surface area (TPSA) is 37.3 Å². The first-order valence-corrected chi connectivity index (χ1v) is 4.52. The Morgan fingerprint density at radius 2 is 2.00 bits per heavy atom. The van der Waals surface area contributed by atoms with Crippen molar-refractivity contribution in [1.29, 1.82) is 0 Å². The molecular formula is C5H11IO2. The maximum absolute atomic E-state index is 9.60. The van der Waals surface area contributed by atoms with Crippen LogP contribution in [0.15, 0.2) is 0 Å². The van der Waals surface area contributed by atoms with Crippen molar-refractivity contribution < 1.29 is 9.90 Å². The van der Waals surface area contributed by atoms with E-state index in [4.69, 9.17) is 5.11 Å². The van der Waals surface area contributed by atoms with Gasteiger partial charge in [-0.2, -0.15) is 0 Å². The third-order valence-corrected chi connectivity index (χ3v) is 0.464. The largest absolute Gasteiger partial charge is 0.481 e. The number of carboxylic acids is 1. The van der Waals surface area contributed by atoms with Crippen molar-refractivity contribution in [3.8, 4) is 0 Å². The highest BCUT2D eigenvalue weighted by atomic mass is 127. The van der Waals surface area contributed by atoms with E-state index in [0.29, 0.717) is 6.42 Å². The minimum Gasteiger partial charge on any atom is -0.481 e. The summed E-state index contributed by atoms with van der Waals surface area (Å²) < 4.78 is 0. The van der Waals surface area contributed by atoms with Crippen LogP contribution in [0.25, 0.3) is 0 Å². The van der Waals surface area contributed by atoms with Crippen molar-refractivity contribution in [3.63, 3.8) is 0 Å². The molecule has 0 atom stereocenters. The molecule has 0 bridgehead atoms. The van der Waals surface area contributed by atoms with Gasteiger partial charge in [-0.25, -0.2) is 0 Å². The van der Waals surface area contributed by atoms with E-state index < -0.39 is 5.97 Å². The molecule has 2 nitrogen and oxygen atoms in total. The van der Waals surface area contributed by atoms with Gasteiger partial charge in [-0.05, 0) is 11.4 Å². The molecule has 0 spiro atoms. The van der Waals surface area contributed by atoms with Gasteiger partial charge in [-0.15, -0.1) is 0 Å². The van der Waals surface area contributed by atoms with E-state index in [2.05, 4.69) is 22.6 Å². The lowest BCUT2D eigenvalue weighted by Gasteiger charge is -1.79. The van der Waals surface area contributed by atoms with E-state index in [1.54, 1.807) is 0 Å². The second-order valence-electron chi connectivity index (χ2n) is 1.14. The van der Waals surface area contributed by atoms with Crippen LogP contribution < -0.4 is 0 Å². The zero-order chi connectivity index (χ0) is 6.99. The number of carboxylic acid groups (broad SMARTS) is 1. The van der Waals surface area contributed by atoms with E-state index >= 15 is 0 Å². The average Bonchev–Trinajstić information content (AvgIpc) is 1.72. The average molecular weight is 230 g/mol. The Morgan fingerprint density at radius 1 is 1.62 bits per heavy atom. The predicted octanol–water partition coefficient (Wildman–Crippen LogP) is 1.92. The van der Waals surface area contributed by atoms with Gasteiger partial charge >= 0.3 is 5.97 Å². The summed E-state index contributed by atoms with van der Waals surface area (Å²) in [6.07, 6.45) is 1.02. The minimum absolute atomic E-state index is 0.292. The quantitative estimate of drug-likeness (QED) is 0.581. The van der Waals surface area contributed by atoms with E-state index in [1.807, 2.05) is 11.9 Å². The Kier molecular flexibility index (Phi) is 14.1. The van der Waals surface area contributed by atoms with Crippen LogP contribution in [0, 0.1) is 0 Å². The molecule has 0 heterocycles. The lowest BCUT2D eigenvalue weighted by atomic mass is 10.4. The standard InChI is InChI=1S/C4H8O2.CH3I/c1-2-3-4(5)6;1-2/h2-3H2,1H3,(H,5,6);1H3. The summed E-state index contributed by atoms with van der Waals surface area (Å²) in [5.41, 5.74) is 0. The smallest absolute Gasteiger partial charge is 0.303 e. The Morgan fingerprint density at radius 3 is 2.00 bits per heavy atom. The summed E-state index contributed by atoms with van der Waals surface area (Å²) in [4.78, 5) is 11.6. The molecular weight excluding hydrogens is 219 g/mol. The van der Waals surface area contributed by atoms with Gasteiger partial charge in [0.15, 0.2) is 0 Å². The Balaban J connectivity index is 0. The highest BCUT2D eigenvalue weighted by molar-refractivity contribution is 14.1. The summed E-state index contributed by atoms with van der Waals surface area (Å²) in [5.74, 6) is -0.711. The van der Waals surface area contributed by atoms with E-state index in [9.17, 15) is 4.79 Å². The maximum atomic E-state index is 9.60. The fraction of sp³-hybridized carbons (Fsp3) is 0.800. The van der Waals surface area contributed by atoms with Crippen LogP contribution in [0.1, 0.15) is 19.8 Å². The molecule has 3 heteroatoms. The number of carbonyl (C=O) groups is 1. The Bertz CT molecular complexity index is 54.4. The molecule has 1 N–H and O–H groups in total. The number of halogens is 1. The minimum atomic E-state index is -0.711. The zero-order valence-corrected chi connectivity index (χ0v) is 7.31. The van der Waals surface area contributed by atoms with E-state index in [-0.39, 0.29) is 0 Å². The molecule has 0 rings (SSSR count). The second-order valence-corrected chi connectivity index (χ2v) is 1.14. The molecule has 0 saturated carbocycles. The van der Waals surface area contributed by atoms with Crippen LogP contribution in [0.2, 0.25) is 0 Å². The van der Waals surface area contributed by atoms with E-state index in [1.165, 1.54) is 0 Å². The van der Waals surface area contributed by atoms with Gasteiger partial charge in [-0.3, -0.25) is 4.79 Å². The van der Waals surface area contributed by atoms with Gasteiger partial charge in [0, 0.05) is 6.42 Å². The van der Waals surface area contributed by atoms with Crippen LogP contribution in [-0.2, 0) is 4.79 Å². The van der Waals surface area contributed by atoms with E-state index in [0.717, 1.165) is 6.42 Å². The molecule has 50 valence electrons. The summed E-state index contributed by atoms with van der Waals surface area (Å²) >= 11 is 2.15. The number of rotatable bonds is 2. The fourth-order valence-electron chi connectivity index (χ4n) is 0.214. The molecule has 0 radical (unpaired) electrons. The van der Waals surface area contributed by atoms with Gasteiger partial charge < -0.3 is 5.11 Å². The van der Waals surface area contributed by atoms with Crippen molar-refractivity contribution in [3.05, 3.63) is 0 Å². The number of hydrogen-bond acceptors (Lipinski definition) is 1. The molecule has 0 aromatic carbocycles. The van der Waals surface area contributed by atoms with Crippen molar-refractivity contribution in [2.75, 3.05) is 4.93 Å². The highest BCUT2D eigenvalue weighted by Crippen LogP contribution is 1.82. The second kappa shape index (κ2) is 10.2. The molecule has 8 heavy (non-hydrogen) atoms. The van der Waals surface area contributed by atoms with Crippen LogP contribution in [0.4, 0.5) is 0 Å². The number of aliphatic carboxylic acids is 1. The summed E-state index contributed by atoms with van der Waals surface area (Å²) in [7, 11) is 0. The lowest BCUT2D eigenvalue weighted by molar-refractivity contribution is -0.137. The van der Waals surface area contributed by atoms with Gasteiger partial charge in [0.05, 0.1) is 0 Å². The highest BCUT2D eigenvalue weighted by Gasteiger charge is 1.87. The SMILES string of the molecule is CCCC(=O)O.CI. The van der Waals surface area contributed by atoms with Crippen LogP contribution >= 0.6 is 22.6 Å². The fourth-order valence-corrected chi connectivity index (χ4v) is 0.214. The van der Waals surface area contributed by atoms with Gasteiger partial charge in [-0.1, -0.05) is 29.5 Å². The van der Waals surface area contributed by atoms with Crippen molar-refractivity contribution in [2.24, 2.45) is 0 Å². The number of alkyl halides is 1. The maximum Gasteiger partial charge on any atom is 0.303 e. The van der Waals surface area contributed by atoms with Gasteiger partial charge in [0.25, 0.3) is 0 Å². The third kappa shape index (κ3) is 16.4. The first kappa shape index (κ1) is 11.1. The first-order valence-electron chi connectivity index (χ1n) is 2.37. The summed E-state index contributed by atoms with van der Waals surface area (Å²) in [6.45, 7) is 1.84. The molecule has 0 aliphatic rings. The van der Waals surface area contributed by atoms with Crippen LogP contribution in [0.3, 0.4) is 0 Å². The Labute approximate surface area is 63.4 Å². The third-order valence-electron chi connectivity index (χ3n) is 0.464. The predicted molar refractivity (Wildman–Crippen MR) is 42.5 cm³/mol.